The van der Waals surface area contributed by atoms with Crippen LogP contribution in [0.15, 0.2) is 12.0 Å². The lowest BCUT2D eigenvalue weighted by atomic mass is 10.3. The minimum Gasteiger partial charge on any atom is -0.264 e. The average molecular weight is 164 g/mol. The summed E-state index contributed by atoms with van der Waals surface area (Å²) in [7, 11) is -3.47. The molecule has 0 aromatic carbocycles. The van der Waals surface area contributed by atoms with Crippen molar-refractivity contribution < 1.29 is 12.6 Å². The molecule has 0 amide bonds. The highest BCUT2D eigenvalue weighted by Gasteiger charge is 2.08. The van der Waals surface area contributed by atoms with Gasteiger partial charge in [0.2, 0.25) is 0 Å². The van der Waals surface area contributed by atoms with E-state index in [0.29, 0.717) is 6.42 Å². The molecular formula is C6H12O3S. The van der Waals surface area contributed by atoms with Crippen LogP contribution >= 0.6 is 0 Å². The maximum absolute atomic E-state index is 10.6. The lowest BCUT2D eigenvalue weighted by molar-refractivity contribution is 0.228. The molecule has 10 heavy (non-hydrogen) atoms. The molecule has 1 unspecified atom stereocenters. The van der Waals surface area contributed by atoms with Gasteiger partial charge in [0.25, 0.3) is 10.1 Å². The first-order valence-electron chi connectivity index (χ1n) is 3.07. The summed E-state index contributed by atoms with van der Waals surface area (Å²) in [6.07, 6.45) is 0.413. The van der Waals surface area contributed by atoms with E-state index in [0.717, 1.165) is 5.41 Å². The van der Waals surface area contributed by atoms with Gasteiger partial charge in [-0.05, 0) is 13.3 Å². The van der Waals surface area contributed by atoms with Crippen molar-refractivity contribution in [3.05, 3.63) is 12.0 Å². The number of rotatable bonds is 4. The van der Waals surface area contributed by atoms with E-state index in [9.17, 15) is 8.42 Å². The van der Waals surface area contributed by atoms with E-state index in [1.165, 1.54) is 0 Å². The quantitative estimate of drug-likeness (QED) is 0.588. The van der Waals surface area contributed by atoms with Crippen molar-refractivity contribution in [2.75, 3.05) is 0 Å². The Bertz CT molecular complexity index is 193. The van der Waals surface area contributed by atoms with Crippen LogP contribution in [0.5, 0.6) is 0 Å². The Morgan fingerprint density at radius 3 is 2.50 bits per heavy atom. The molecule has 0 saturated heterocycles. The highest BCUT2D eigenvalue weighted by atomic mass is 32.2. The van der Waals surface area contributed by atoms with Crippen LogP contribution in [0.25, 0.3) is 0 Å². The van der Waals surface area contributed by atoms with Gasteiger partial charge in [-0.2, -0.15) is 8.42 Å². The van der Waals surface area contributed by atoms with Crippen LogP contribution in [-0.2, 0) is 14.3 Å². The summed E-state index contributed by atoms with van der Waals surface area (Å²) in [5, 5.41) is 0.805. The fourth-order valence-corrected chi connectivity index (χ4v) is 1.01. The van der Waals surface area contributed by atoms with E-state index in [1.807, 2.05) is 6.92 Å². The first kappa shape index (κ1) is 9.65. The zero-order chi connectivity index (χ0) is 8.20. The Morgan fingerprint density at radius 1 is 1.70 bits per heavy atom. The van der Waals surface area contributed by atoms with Gasteiger partial charge >= 0.3 is 0 Å². The Balaban J connectivity index is 4.02. The van der Waals surface area contributed by atoms with E-state index in [1.54, 1.807) is 6.92 Å². The molecule has 0 rings (SSSR count). The summed E-state index contributed by atoms with van der Waals surface area (Å²) in [4.78, 5) is 0. The van der Waals surface area contributed by atoms with Gasteiger partial charge in [0.05, 0.1) is 11.5 Å². The standard InChI is InChI=1S/C6H12O3S/c1-4-6(3)9-10(7,8)5-2/h5-6H,2,4H2,1,3H3. The summed E-state index contributed by atoms with van der Waals surface area (Å²) in [5.41, 5.74) is 0. The van der Waals surface area contributed by atoms with Crippen LogP contribution in [0.1, 0.15) is 20.3 Å². The summed E-state index contributed by atoms with van der Waals surface area (Å²) in [6, 6.07) is 0. The third kappa shape index (κ3) is 3.63. The lowest BCUT2D eigenvalue weighted by Gasteiger charge is -2.06. The molecule has 0 saturated carbocycles. The summed E-state index contributed by atoms with van der Waals surface area (Å²) in [5.74, 6) is 0. The van der Waals surface area contributed by atoms with Gasteiger partial charge in [0.15, 0.2) is 0 Å². The topological polar surface area (TPSA) is 43.4 Å². The Kier molecular flexibility index (Phi) is 3.60. The predicted octanol–water partition coefficient (Wildman–Crippen LogP) is 1.27. The molecule has 3 nitrogen and oxygen atoms in total. The molecule has 0 spiro atoms. The van der Waals surface area contributed by atoms with E-state index in [2.05, 4.69) is 10.8 Å². The molecule has 0 radical (unpaired) electrons. The van der Waals surface area contributed by atoms with Gasteiger partial charge < -0.3 is 0 Å². The van der Waals surface area contributed by atoms with Crippen LogP contribution in [0.3, 0.4) is 0 Å². The predicted molar refractivity (Wildman–Crippen MR) is 40.0 cm³/mol. The molecule has 0 aliphatic carbocycles. The molecular weight excluding hydrogens is 152 g/mol. The molecule has 0 aliphatic rings. The van der Waals surface area contributed by atoms with E-state index < -0.39 is 10.1 Å². The maximum Gasteiger partial charge on any atom is 0.289 e. The Morgan fingerprint density at radius 2 is 2.20 bits per heavy atom. The van der Waals surface area contributed by atoms with Gasteiger partial charge in [0, 0.05) is 0 Å². The third-order valence-electron chi connectivity index (χ3n) is 1.08. The zero-order valence-electron chi connectivity index (χ0n) is 6.20. The van der Waals surface area contributed by atoms with Crippen LogP contribution in [0.4, 0.5) is 0 Å². The monoisotopic (exact) mass is 164 g/mol. The van der Waals surface area contributed by atoms with Crippen molar-refractivity contribution in [2.24, 2.45) is 0 Å². The fourth-order valence-electron chi connectivity index (χ4n) is 0.336. The lowest BCUT2D eigenvalue weighted by Crippen LogP contribution is -2.11. The van der Waals surface area contributed by atoms with E-state index >= 15 is 0 Å². The van der Waals surface area contributed by atoms with Gasteiger partial charge in [0.1, 0.15) is 0 Å². The van der Waals surface area contributed by atoms with Crippen molar-refractivity contribution in [1.82, 2.24) is 0 Å². The first-order valence-corrected chi connectivity index (χ1v) is 4.54. The molecule has 0 aromatic rings. The molecule has 4 heteroatoms. The van der Waals surface area contributed by atoms with Crippen LogP contribution in [0.2, 0.25) is 0 Å². The number of hydrogen-bond acceptors (Lipinski definition) is 3. The van der Waals surface area contributed by atoms with Crippen LogP contribution in [-0.4, -0.2) is 14.5 Å². The second-order valence-electron chi connectivity index (χ2n) is 1.97. The zero-order valence-corrected chi connectivity index (χ0v) is 7.02. The van der Waals surface area contributed by atoms with Crippen LogP contribution in [0, 0.1) is 0 Å². The number of hydrogen-bond donors (Lipinski definition) is 0. The molecule has 0 fully saturated rings. The summed E-state index contributed by atoms with van der Waals surface area (Å²) < 4.78 is 25.8. The van der Waals surface area contributed by atoms with E-state index in [-0.39, 0.29) is 6.10 Å². The fraction of sp³-hybridized carbons (Fsp3) is 0.667. The van der Waals surface area contributed by atoms with E-state index in [4.69, 9.17) is 0 Å². The minimum atomic E-state index is -3.47. The third-order valence-corrected chi connectivity index (χ3v) is 2.08. The molecule has 1 atom stereocenters. The molecule has 0 bridgehead atoms. The average Bonchev–Trinajstić information content (AvgIpc) is 1.87. The maximum atomic E-state index is 10.6. The summed E-state index contributed by atoms with van der Waals surface area (Å²) >= 11 is 0. The van der Waals surface area contributed by atoms with Gasteiger partial charge in [-0.3, -0.25) is 4.18 Å². The normalized spacial score (nSPS) is 14.6. The van der Waals surface area contributed by atoms with Crippen molar-refractivity contribution in [2.45, 2.75) is 26.4 Å². The minimum absolute atomic E-state index is 0.261. The molecule has 0 N–H and O–H groups in total. The highest BCUT2D eigenvalue weighted by molar-refractivity contribution is 7.89. The van der Waals surface area contributed by atoms with Gasteiger partial charge in [-0.25, -0.2) is 0 Å². The van der Waals surface area contributed by atoms with Crippen molar-refractivity contribution in [3.8, 4) is 0 Å². The van der Waals surface area contributed by atoms with Crippen LogP contribution < -0.4 is 0 Å². The second-order valence-corrected chi connectivity index (χ2v) is 3.49. The van der Waals surface area contributed by atoms with Crippen molar-refractivity contribution in [1.29, 1.82) is 0 Å². The molecule has 0 heterocycles. The highest BCUT2D eigenvalue weighted by Crippen LogP contribution is 2.02. The Hall–Kier alpha value is -0.350. The SMILES string of the molecule is C=CS(=O)(=O)OC(C)CC. The Labute approximate surface area is 61.8 Å². The van der Waals surface area contributed by atoms with Gasteiger partial charge in [-0.15, -0.1) is 0 Å². The second kappa shape index (κ2) is 3.73. The van der Waals surface area contributed by atoms with Crippen molar-refractivity contribution >= 4 is 10.1 Å². The van der Waals surface area contributed by atoms with Crippen molar-refractivity contribution in [3.63, 3.8) is 0 Å². The molecule has 60 valence electrons. The smallest absolute Gasteiger partial charge is 0.264 e. The first-order chi connectivity index (χ1) is 4.52. The summed E-state index contributed by atoms with van der Waals surface area (Å²) in [6.45, 7) is 6.65. The largest absolute Gasteiger partial charge is 0.289 e. The molecule has 0 aliphatic heterocycles. The van der Waals surface area contributed by atoms with Gasteiger partial charge in [-0.1, -0.05) is 13.5 Å². The molecule has 0 aromatic heterocycles.